The van der Waals surface area contributed by atoms with Gasteiger partial charge >= 0.3 is 0 Å². The van der Waals surface area contributed by atoms with Crippen LogP contribution < -0.4 is 10.1 Å². The fourth-order valence-corrected chi connectivity index (χ4v) is 2.19. The van der Waals surface area contributed by atoms with Crippen molar-refractivity contribution < 1.29 is 9.47 Å². The lowest BCUT2D eigenvalue weighted by molar-refractivity contribution is 0.00925. The first kappa shape index (κ1) is 14.6. The number of nitrogens with one attached hydrogen (secondary N) is 1. The third kappa shape index (κ3) is 4.68. The molecule has 0 aromatic heterocycles. The molecule has 1 aliphatic carbocycles. The summed E-state index contributed by atoms with van der Waals surface area (Å²) in [5, 5.41) is 4.10. The van der Waals surface area contributed by atoms with Crippen molar-refractivity contribution in [3.05, 3.63) is 28.8 Å². The summed E-state index contributed by atoms with van der Waals surface area (Å²) in [5.41, 5.74) is 1.07. The van der Waals surface area contributed by atoms with Gasteiger partial charge in [0.05, 0.1) is 6.61 Å². The quantitative estimate of drug-likeness (QED) is 0.582. The molecular formula is C15H22ClNO2. The van der Waals surface area contributed by atoms with Crippen LogP contribution in [0.5, 0.6) is 5.75 Å². The molecule has 0 heterocycles. The molecule has 0 bridgehead atoms. The molecule has 4 heteroatoms. The van der Waals surface area contributed by atoms with E-state index in [1.54, 1.807) is 0 Å². The molecule has 1 atom stereocenters. The van der Waals surface area contributed by atoms with Crippen LogP contribution in [0.3, 0.4) is 0 Å². The van der Waals surface area contributed by atoms with Crippen LogP contribution in [0, 0.1) is 5.92 Å². The van der Waals surface area contributed by atoms with Crippen molar-refractivity contribution in [3.8, 4) is 5.75 Å². The lowest BCUT2D eigenvalue weighted by atomic mass is 10.1. The van der Waals surface area contributed by atoms with Crippen LogP contribution in [0.4, 0.5) is 0 Å². The first-order valence-corrected chi connectivity index (χ1v) is 7.32. The van der Waals surface area contributed by atoms with Gasteiger partial charge in [-0.2, -0.15) is 0 Å². The van der Waals surface area contributed by atoms with Crippen LogP contribution in [0.2, 0.25) is 5.02 Å². The van der Waals surface area contributed by atoms with Gasteiger partial charge in [0.1, 0.15) is 5.75 Å². The molecule has 3 nitrogen and oxygen atoms in total. The van der Waals surface area contributed by atoms with Crippen LogP contribution in [-0.4, -0.2) is 19.9 Å². The Bertz CT molecular complexity index is 407. The Balaban J connectivity index is 1.92. The largest absolute Gasteiger partial charge is 0.467 e. The van der Waals surface area contributed by atoms with E-state index in [1.807, 2.05) is 18.2 Å². The van der Waals surface area contributed by atoms with E-state index in [1.165, 1.54) is 12.8 Å². The van der Waals surface area contributed by atoms with Crippen molar-refractivity contribution in [1.29, 1.82) is 0 Å². The fourth-order valence-electron chi connectivity index (χ4n) is 2.01. The summed E-state index contributed by atoms with van der Waals surface area (Å²) in [7, 11) is 0. The molecule has 1 aromatic rings. The van der Waals surface area contributed by atoms with Crippen LogP contribution in [-0.2, 0) is 4.74 Å². The highest BCUT2D eigenvalue weighted by Gasteiger charge is 2.21. The molecule has 1 aromatic carbocycles. The first-order valence-electron chi connectivity index (χ1n) is 6.94. The van der Waals surface area contributed by atoms with Gasteiger partial charge in [-0.3, -0.25) is 0 Å². The summed E-state index contributed by atoms with van der Waals surface area (Å²) in [4.78, 5) is 0. The highest BCUT2D eigenvalue weighted by Crippen LogP contribution is 2.30. The fraction of sp³-hybridized carbons (Fsp3) is 0.600. The molecular weight excluding hydrogens is 262 g/mol. The zero-order valence-electron chi connectivity index (χ0n) is 11.6. The van der Waals surface area contributed by atoms with E-state index in [0.29, 0.717) is 6.79 Å². The maximum Gasteiger partial charge on any atom is 0.189 e. The number of hydrogen-bond acceptors (Lipinski definition) is 3. The maximum absolute atomic E-state index is 6.06. The normalized spacial score (nSPS) is 16.4. The zero-order chi connectivity index (χ0) is 13.7. The van der Waals surface area contributed by atoms with E-state index >= 15 is 0 Å². The average molecular weight is 284 g/mol. The van der Waals surface area contributed by atoms with E-state index < -0.39 is 0 Å². The molecule has 0 saturated heterocycles. The molecule has 1 saturated carbocycles. The summed E-state index contributed by atoms with van der Waals surface area (Å²) < 4.78 is 11.2. The smallest absolute Gasteiger partial charge is 0.189 e. The molecule has 1 aliphatic rings. The minimum Gasteiger partial charge on any atom is -0.467 e. The molecule has 106 valence electrons. The molecule has 0 spiro atoms. The zero-order valence-corrected chi connectivity index (χ0v) is 12.4. The molecule has 1 unspecified atom stereocenters. The summed E-state index contributed by atoms with van der Waals surface area (Å²) in [5.74, 6) is 1.60. The van der Waals surface area contributed by atoms with Gasteiger partial charge in [0.25, 0.3) is 0 Å². The standard InChI is InChI=1S/C15H22ClNO2/c1-3-17-11(2)14-8-13(16)6-7-15(14)19-10-18-9-12-4-5-12/h6-8,11-12,17H,3-5,9-10H2,1-2H3. The van der Waals surface area contributed by atoms with Crippen molar-refractivity contribution in [3.63, 3.8) is 0 Å². The van der Waals surface area contributed by atoms with E-state index in [0.717, 1.165) is 35.4 Å². The lowest BCUT2D eigenvalue weighted by Gasteiger charge is -2.18. The van der Waals surface area contributed by atoms with Gasteiger partial charge in [0.2, 0.25) is 0 Å². The Labute approximate surface area is 120 Å². The highest BCUT2D eigenvalue weighted by molar-refractivity contribution is 6.30. The summed E-state index contributed by atoms with van der Waals surface area (Å²) >= 11 is 6.06. The number of hydrogen-bond donors (Lipinski definition) is 1. The lowest BCUT2D eigenvalue weighted by Crippen LogP contribution is -2.19. The monoisotopic (exact) mass is 283 g/mol. The molecule has 0 amide bonds. The van der Waals surface area contributed by atoms with Gasteiger partial charge < -0.3 is 14.8 Å². The summed E-state index contributed by atoms with van der Waals surface area (Å²) in [6.45, 7) is 6.22. The van der Waals surface area contributed by atoms with E-state index in [-0.39, 0.29) is 6.04 Å². The van der Waals surface area contributed by atoms with Crippen molar-refractivity contribution in [2.75, 3.05) is 19.9 Å². The van der Waals surface area contributed by atoms with E-state index in [2.05, 4.69) is 19.2 Å². The number of rotatable bonds is 8. The second kappa shape index (κ2) is 7.13. The SMILES string of the molecule is CCNC(C)c1cc(Cl)ccc1OCOCC1CC1. The first-order chi connectivity index (χ1) is 9.20. The van der Waals surface area contributed by atoms with Gasteiger partial charge in [-0.1, -0.05) is 18.5 Å². The number of ether oxygens (including phenoxy) is 2. The Morgan fingerprint density at radius 2 is 2.21 bits per heavy atom. The third-order valence-corrected chi connectivity index (χ3v) is 3.53. The molecule has 1 N–H and O–H groups in total. The van der Waals surface area contributed by atoms with Gasteiger partial charge in [0, 0.05) is 16.6 Å². The van der Waals surface area contributed by atoms with E-state index in [4.69, 9.17) is 21.1 Å². The average Bonchev–Trinajstić information content (AvgIpc) is 3.20. The van der Waals surface area contributed by atoms with Gasteiger partial charge in [-0.25, -0.2) is 0 Å². The molecule has 2 rings (SSSR count). The Morgan fingerprint density at radius 3 is 2.89 bits per heavy atom. The van der Waals surface area contributed by atoms with Crippen LogP contribution in [0.25, 0.3) is 0 Å². The van der Waals surface area contributed by atoms with Crippen LogP contribution in [0.1, 0.15) is 38.3 Å². The number of halogens is 1. The van der Waals surface area contributed by atoms with Gasteiger partial charge in [-0.15, -0.1) is 0 Å². The molecule has 0 aliphatic heterocycles. The second-order valence-corrected chi connectivity index (χ2v) is 5.47. The summed E-state index contributed by atoms with van der Waals surface area (Å²) in [6.07, 6.45) is 2.59. The molecule has 19 heavy (non-hydrogen) atoms. The predicted octanol–water partition coefficient (Wildman–Crippen LogP) is 3.77. The second-order valence-electron chi connectivity index (χ2n) is 5.04. The molecule has 0 radical (unpaired) electrons. The molecule has 1 fully saturated rings. The Morgan fingerprint density at radius 1 is 1.42 bits per heavy atom. The summed E-state index contributed by atoms with van der Waals surface area (Å²) in [6, 6.07) is 5.92. The van der Waals surface area contributed by atoms with Crippen molar-refractivity contribution >= 4 is 11.6 Å². The van der Waals surface area contributed by atoms with Crippen LogP contribution in [0.15, 0.2) is 18.2 Å². The highest BCUT2D eigenvalue weighted by atomic mass is 35.5. The van der Waals surface area contributed by atoms with Crippen molar-refractivity contribution in [2.45, 2.75) is 32.7 Å². The van der Waals surface area contributed by atoms with Gasteiger partial charge in [-0.05, 0) is 50.4 Å². The van der Waals surface area contributed by atoms with Gasteiger partial charge in [0.15, 0.2) is 6.79 Å². The Kier molecular flexibility index (Phi) is 5.49. The Hall–Kier alpha value is -0.770. The minimum absolute atomic E-state index is 0.210. The third-order valence-electron chi connectivity index (χ3n) is 3.30. The number of benzene rings is 1. The topological polar surface area (TPSA) is 30.5 Å². The van der Waals surface area contributed by atoms with Crippen molar-refractivity contribution in [2.24, 2.45) is 5.92 Å². The maximum atomic E-state index is 6.06. The van der Waals surface area contributed by atoms with Crippen LogP contribution >= 0.6 is 11.6 Å². The minimum atomic E-state index is 0.210. The van der Waals surface area contributed by atoms with Crippen molar-refractivity contribution in [1.82, 2.24) is 5.32 Å². The predicted molar refractivity (Wildman–Crippen MR) is 77.7 cm³/mol. The van der Waals surface area contributed by atoms with E-state index in [9.17, 15) is 0 Å².